The predicted octanol–water partition coefficient (Wildman–Crippen LogP) is 4.31. The van der Waals surface area contributed by atoms with E-state index in [9.17, 15) is 0 Å². The number of nitrogens with zero attached hydrogens (tertiary/aromatic N) is 3. The second-order valence-corrected chi connectivity index (χ2v) is 6.88. The smallest absolute Gasteiger partial charge is 0.246 e. The molecule has 0 amide bonds. The molecule has 0 fully saturated rings. The van der Waals surface area contributed by atoms with Gasteiger partial charge in [-0.1, -0.05) is 47.1 Å². The number of furan rings is 1. The Balaban J connectivity index is 1.37. The van der Waals surface area contributed by atoms with Crippen LogP contribution in [0, 0.1) is 6.92 Å². The van der Waals surface area contributed by atoms with Gasteiger partial charge in [-0.2, -0.15) is 4.98 Å². The zero-order valence-corrected chi connectivity index (χ0v) is 16.8. The van der Waals surface area contributed by atoms with Gasteiger partial charge < -0.3 is 19.6 Å². The van der Waals surface area contributed by atoms with Gasteiger partial charge in [-0.15, -0.1) is 0 Å². The van der Waals surface area contributed by atoms with E-state index in [1.807, 2.05) is 30.3 Å². The van der Waals surface area contributed by atoms with Crippen LogP contribution in [0.3, 0.4) is 0 Å². The van der Waals surface area contributed by atoms with E-state index in [-0.39, 0.29) is 0 Å². The van der Waals surface area contributed by atoms with Crippen molar-refractivity contribution in [3.63, 3.8) is 0 Å². The molecule has 0 atom stereocenters. The second kappa shape index (κ2) is 8.36. The molecule has 148 valence electrons. The lowest BCUT2D eigenvalue weighted by molar-refractivity contribution is 0.375. The summed E-state index contributed by atoms with van der Waals surface area (Å²) in [6.07, 6.45) is 0. The summed E-state index contributed by atoms with van der Waals surface area (Å²) in [4.78, 5) is 8.61. The first-order valence-electron chi connectivity index (χ1n) is 9.14. The number of halogens is 1. The maximum absolute atomic E-state index is 6.02. The van der Waals surface area contributed by atoms with E-state index >= 15 is 0 Å². The SMILES string of the molecule is CN=C(NCc1nc(-c2cccc(Cl)c2)no1)NCc1oc2ccccc2c1C. The number of nitrogens with one attached hydrogen (secondary N) is 2. The van der Waals surface area contributed by atoms with Crippen LogP contribution >= 0.6 is 11.6 Å². The Morgan fingerprint density at radius 1 is 1.10 bits per heavy atom. The minimum atomic E-state index is 0.340. The molecule has 2 N–H and O–H groups in total. The number of benzene rings is 2. The molecule has 29 heavy (non-hydrogen) atoms. The number of aliphatic imine (C=N–C) groups is 1. The summed E-state index contributed by atoms with van der Waals surface area (Å²) in [5, 5.41) is 12.1. The summed E-state index contributed by atoms with van der Waals surface area (Å²) in [5.41, 5.74) is 2.80. The van der Waals surface area contributed by atoms with E-state index < -0.39 is 0 Å². The van der Waals surface area contributed by atoms with Crippen LogP contribution in [-0.2, 0) is 13.1 Å². The van der Waals surface area contributed by atoms with Gasteiger partial charge in [0.25, 0.3) is 0 Å². The van der Waals surface area contributed by atoms with Crippen molar-refractivity contribution in [2.75, 3.05) is 7.05 Å². The van der Waals surface area contributed by atoms with E-state index in [1.54, 1.807) is 19.2 Å². The molecule has 0 saturated heterocycles. The first kappa shape index (κ1) is 19.0. The third-order valence-electron chi connectivity index (χ3n) is 4.54. The largest absolute Gasteiger partial charge is 0.459 e. The minimum absolute atomic E-state index is 0.340. The van der Waals surface area contributed by atoms with Crippen molar-refractivity contribution in [3.8, 4) is 11.4 Å². The highest BCUT2D eigenvalue weighted by atomic mass is 35.5. The van der Waals surface area contributed by atoms with Crippen LogP contribution in [0.5, 0.6) is 0 Å². The van der Waals surface area contributed by atoms with Crippen molar-refractivity contribution in [3.05, 3.63) is 70.8 Å². The Kier molecular flexibility index (Phi) is 5.48. The standard InChI is InChI=1S/C21H20ClN5O2/c1-13-16-8-3-4-9-17(16)28-18(13)11-24-21(23-2)25-12-19-26-20(27-29-19)14-6-5-7-15(22)10-14/h3-10H,11-12H2,1-2H3,(H2,23,24,25). The molecule has 0 spiro atoms. The molecule has 2 heterocycles. The summed E-state index contributed by atoms with van der Waals surface area (Å²) >= 11 is 6.02. The molecule has 7 nitrogen and oxygen atoms in total. The van der Waals surface area contributed by atoms with Crippen molar-refractivity contribution in [2.45, 2.75) is 20.0 Å². The van der Waals surface area contributed by atoms with Gasteiger partial charge in [-0.05, 0) is 25.1 Å². The van der Waals surface area contributed by atoms with E-state index in [0.717, 1.165) is 27.9 Å². The fourth-order valence-corrected chi connectivity index (χ4v) is 3.20. The van der Waals surface area contributed by atoms with Gasteiger partial charge in [-0.3, -0.25) is 4.99 Å². The summed E-state index contributed by atoms with van der Waals surface area (Å²) in [7, 11) is 1.70. The van der Waals surface area contributed by atoms with Gasteiger partial charge in [0.2, 0.25) is 11.7 Å². The Labute approximate surface area is 172 Å². The highest BCUT2D eigenvalue weighted by Gasteiger charge is 2.12. The first-order valence-corrected chi connectivity index (χ1v) is 9.52. The van der Waals surface area contributed by atoms with Crippen molar-refractivity contribution in [1.82, 2.24) is 20.8 Å². The number of aryl methyl sites for hydroxylation is 1. The molecule has 2 aromatic carbocycles. The third kappa shape index (κ3) is 4.25. The molecule has 4 aromatic rings. The van der Waals surface area contributed by atoms with Gasteiger partial charge in [0.15, 0.2) is 5.96 Å². The summed E-state index contributed by atoms with van der Waals surface area (Å²) < 4.78 is 11.2. The molecule has 0 bridgehead atoms. The lowest BCUT2D eigenvalue weighted by atomic mass is 10.1. The normalized spacial score (nSPS) is 11.8. The van der Waals surface area contributed by atoms with Crippen LogP contribution in [0.15, 0.2) is 62.5 Å². The highest BCUT2D eigenvalue weighted by Crippen LogP contribution is 2.24. The van der Waals surface area contributed by atoms with E-state index in [0.29, 0.717) is 35.8 Å². The number of hydrogen-bond donors (Lipinski definition) is 2. The molecule has 0 aliphatic carbocycles. The van der Waals surface area contributed by atoms with Gasteiger partial charge >= 0.3 is 0 Å². The Bertz CT molecular complexity index is 1160. The van der Waals surface area contributed by atoms with Gasteiger partial charge in [0, 0.05) is 28.6 Å². The van der Waals surface area contributed by atoms with Crippen molar-refractivity contribution >= 4 is 28.5 Å². The quantitative estimate of drug-likeness (QED) is 0.377. The van der Waals surface area contributed by atoms with Crippen LogP contribution < -0.4 is 10.6 Å². The maximum atomic E-state index is 6.02. The lowest BCUT2D eigenvalue weighted by Crippen LogP contribution is -2.36. The van der Waals surface area contributed by atoms with E-state index in [1.165, 1.54) is 0 Å². The van der Waals surface area contributed by atoms with Crippen LogP contribution in [-0.4, -0.2) is 23.1 Å². The highest BCUT2D eigenvalue weighted by molar-refractivity contribution is 6.30. The van der Waals surface area contributed by atoms with Crippen molar-refractivity contribution in [1.29, 1.82) is 0 Å². The fourth-order valence-electron chi connectivity index (χ4n) is 3.01. The Morgan fingerprint density at radius 2 is 1.93 bits per heavy atom. The second-order valence-electron chi connectivity index (χ2n) is 6.45. The van der Waals surface area contributed by atoms with Crippen molar-refractivity contribution < 1.29 is 8.94 Å². The van der Waals surface area contributed by atoms with Gasteiger partial charge in [0.05, 0.1) is 13.1 Å². The number of para-hydroxylation sites is 1. The minimum Gasteiger partial charge on any atom is -0.459 e. The maximum Gasteiger partial charge on any atom is 0.246 e. The predicted molar refractivity (Wildman–Crippen MR) is 113 cm³/mol. The Hall–Kier alpha value is -3.32. The van der Waals surface area contributed by atoms with Crippen molar-refractivity contribution in [2.24, 2.45) is 4.99 Å². The lowest BCUT2D eigenvalue weighted by Gasteiger charge is -2.09. The van der Waals surface area contributed by atoms with Gasteiger partial charge in [0.1, 0.15) is 11.3 Å². The molecule has 0 saturated carbocycles. The molecule has 0 radical (unpaired) electrons. The van der Waals surface area contributed by atoms with Crippen LogP contribution in [0.25, 0.3) is 22.4 Å². The van der Waals surface area contributed by atoms with Crippen LogP contribution in [0.2, 0.25) is 5.02 Å². The molecule has 0 aliphatic rings. The molecule has 2 aromatic heterocycles. The third-order valence-corrected chi connectivity index (χ3v) is 4.78. The number of hydrogen-bond acceptors (Lipinski definition) is 5. The summed E-state index contributed by atoms with van der Waals surface area (Å²) in [6, 6.07) is 15.3. The summed E-state index contributed by atoms with van der Waals surface area (Å²) in [6.45, 7) is 2.90. The molecule has 0 aliphatic heterocycles. The number of aromatic nitrogens is 2. The number of guanidine groups is 1. The summed E-state index contributed by atoms with van der Waals surface area (Å²) in [5.74, 6) is 2.41. The van der Waals surface area contributed by atoms with E-state index in [4.69, 9.17) is 20.5 Å². The average molecular weight is 410 g/mol. The molecule has 4 rings (SSSR count). The van der Waals surface area contributed by atoms with Crippen LogP contribution in [0.4, 0.5) is 0 Å². The van der Waals surface area contributed by atoms with Crippen LogP contribution in [0.1, 0.15) is 17.2 Å². The first-order chi connectivity index (χ1) is 14.1. The molecule has 0 unspecified atom stereocenters. The Morgan fingerprint density at radius 3 is 2.72 bits per heavy atom. The molecule has 8 heteroatoms. The van der Waals surface area contributed by atoms with Gasteiger partial charge in [-0.25, -0.2) is 0 Å². The fraction of sp³-hybridized carbons (Fsp3) is 0.190. The topological polar surface area (TPSA) is 88.5 Å². The number of fused-ring (bicyclic) bond motifs is 1. The zero-order valence-electron chi connectivity index (χ0n) is 16.1. The number of rotatable bonds is 5. The molecular weight excluding hydrogens is 390 g/mol. The van der Waals surface area contributed by atoms with E-state index in [2.05, 4.69) is 38.8 Å². The molecular formula is C21H20ClN5O2. The zero-order chi connectivity index (χ0) is 20.2. The monoisotopic (exact) mass is 409 g/mol. The average Bonchev–Trinajstić information content (AvgIpc) is 3.33.